The van der Waals surface area contributed by atoms with Gasteiger partial charge in [0.2, 0.25) is 0 Å². The van der Waals surface area contributed by atoms with Gasteiger partial charge in [-0.05, 0) is 6.42 Å². The fourth-order valence-electron chi connectivity index (χ4n) is 1.22. The third-order valence-corrected chi connectivity index (χ3v) is 2.07. The molecule has 2 nitrogen and oxygen atoms in total. The Bertz CT molecular complexity index is 122. The van der Waals surface area contributed by atoms with E-state index in [4.69, 9.17) is 4.74 Å². The minimum Gasteiger partial charge on any atom is -0.390 e. The summed E-state index contributed by atoms with van der Waals surface area (Å²) in [5.74, 6) is 0.262. The van der Waals surface area contributed by atoms with Crippen LogP contribution in [0, 0.1) is 5.92 Å². The highest BCUT2D eigenvalue weighted by atomic mass is 16.5. The van der Waals surface area contributed by atoms with Crippen LogP contribution >= 0.6 is 0 Å². The SMILES string of the molecule is C=CC[C@H]1OC[C@@H](O)[C@H]1C. The summed E-state index contributed by atoms with van der Waals surface area (Å²) in [4.78, 5) is 0. The van der Waals surface area contributed by atoms with Crippen molar-refractivity contribution < 1.29 is 9.84 Å². The maximum atomic E-state index is 9.24. The van der Waals surface area contributed by atoms with Gasteiger partial charge in [-0.3, -0.25) is 0 Å². The highest BCUT2D eigenvalue weighted by molar-refractivity contribution is 4.85. The Morgan fingerprint density at radius 3 is 2.90 bits per heavy atom. The number of aliphatic hydroxyl groups is 1. The van der Waals surface area contributed by atoms with E-state index >= 15 is 0 Å². The average Bonchev–Trinajstić information content (AvgIpc) is 2.20. The van der Waals surface area contributed by atoms with Crippen LogP contribution in [0.1, 0.15) is 13.3 Å². The number of rotatable bonds is 2. The summed E-state index contributed by atoms with van der Waals surface area (Å²) in [5, 5.41) is 9.24. The second-order valence-corrected chi connectivity index (χ2v) is 2.82. The van der Waals surface area contributed by atoms with E-state index in [0.29, 0.717) is 6.61 Å². The van der Waals surface area contributed by atoms with Gasteiger partial charge in [-0.2, -0.15) is 0 Å². The van der Waals surface area contributed by atoms with Gasteiger partial charge in [0, 0.05) is 5.92 Å². The monoisotopic (exact) mass is 142 g/mol. The average molecular weight is 142 g/mol. The van der Waals surface area contributed by atoms with Crippen LogP contribution in [-0.4, -0.2) is 23.9 Å². The van der Waals surface area contributed by atoms with Crippen LogP contribution in [-0.2, 0) is 4.74 Å². The molecule has 0 bridgehead atoms. The van der Waals surface area contributed by atoms with Gasteiger partial charge in [-0.15, -0.1) is 6.58 Å². The minimum absolute atomic E-state index is 0.187. The maximum Gasteiger partial charge on any atom is 0.0824 e. The van der Waals surface area contributed by atoms with Crippen molar-refractivity contribution in [1.29, 1.82) is 0 Å². The van der Waals surface area contributed by atoms with Crippen LogP contribution in [0.4, 0.5) is 0 Å². The van der Waals surface area contributed by atoms with Gasteiger partial charge in [0.05, 0.1) is 18.8 Å². The van der Waals surface area contributed by atoms with Gasteiger partial charge in [0.1, 0.15) is 0 Å². The summed E-state index contributed by atoms with van der Waals surface area (Å²) in [7, 11) is 0. The zero-order valence-corrected chi connectivity index (χ0v) is 6.29. The van der Waals surface area contributed by atoms with E-state index in [1.165, 1.54) is 0 Å². The summed E-state index contributed by atoms with van der Waals surface area (Å²) in [6.07, 6.45) is 2.59. The largest absolute Gasteiger partial charge is 0.390 e. The highest BCUT2D eigenvalue weighted by Gasteiger charge is 2.30. The summed E-state index contributed by atoms with van der Waals surface area (Å²) in [6, 6.07) is 0. The van der Waals surface area contributed by atoms with E-state index in [1.54, 1.807) is 0 Å². The van der Waals surface area contributed by atoms with E-state index in [0.717, 1.165) is 6.42 Å². The lowest BCUT2D eigenvalue weighted by Crippen LogP contribution is -2.19. The molecule has 0 spiro atoms. The summed E-state index contributed by atoms with van der Waals surface area (Å²) in [5.41, 5.74) is 0. The van der Waals surface area contributed by atoms with Crippen molar-refractivity contribution in [3.63, 3.8) is 0 Å². The Hall–Kier alpha value is -0.340. The molecule has 0 unspecified atom stereocenters. The normalized spacial score (nSPS) is 40.0. The first-order valence-corrected chi connectivity index (χ1v) is 3.66. The van der Waals surface area contributed by atoms with Crippen molar-refractivity contribution in [1.82, 2.24) is 0 Å². The zero-order chi connectivity index (χ0) is 7.56. The molecule has 1 N–H and O–H groups in total. The summed E-state index contributed by atoms with van der Waals surface area (Å²) in [6.45, 7) is 6.11. The van der Waals surface area contributed by atoms with E-state index in [-0.39, 0.29) is 18.1 Å². The first-order valence-electron chi connectivity index (χ1n) is 3.66. The Balaban J connectivity index is 2.40. The van der Waals surface area contributed by atoms with Gasteiger partial charge in [0.15, 0.2) is 0 Å². The second kappa shape index (κ2) is 3.17. The molecule has 0 aliphatic carbocycles. The van der Waals surface area contributed by atoms with Crippen LogP contribution in [0.3, 0.4) is 0 Å². The van der Waals surface area contributed by atoms with Crippen LogP contribution in [0.2, 0.25) is 0 Å². The molecule has 1 aliphatic rings. The van der Waals surface area contributed by atoms with Crippen molar-refractivity contribution in [2.24, 2.45) is 5.92 Å². The quantitative estimate of drug-likeness (QED) is 0.582. The van der Waals surface area contributed by atoms with Crippen molar-refractivity contribution in [2.75, 3.05) is 6.61 Å². The molecule has 1 heterocycles. The third kappa shape index (κ3) is 1.39. The van der Waals surface area contributed by atoms with Gasteiger partial charge >= 0.3 is 0 Å². The molecule has 3 atom stereocenters. The standard InChI is InChI=1S/C8H14O2/c1-3-4-8-6(2)7(9)5-10-8/h3,6-9H,1,4-5H2,2H3/t6-,7-,8-/m1/s1. The number of ether oxygens (including phenoxy) is 1. The first kappa shape index (κ1) is 7.76. The second-order valence-electron chi connectivity index (χ2n) is 2.82. The number of hydrogen-bond donors (Lipinski definition) is 1. The Morgan fingerprint density at radius 2 is 2.50 bits per heavy atom. The molecule has 0 aromatic rings. The van der Waals surface area contributed by atoms with E-state index in [1.807, 2.05) is 13.0 Å². The summed E-state index contributed by atoms with van der Waals surface area (Å²) >= 11 is 0. The fourth-order valence-corrected chi connectivity index (χ4v) is 1.22. The molecule has 58 valence electrons. The minimum atomic E-state index is -0.273. The van der Waals surface area contributed by atoms with Crippen LogP contribution < -0.4 is 0 Å². The Kier molecular flexibility index (Phi) is 2.46. The molecule has 0 radical (unpaired) electrons. The molecule has 1 aliphatic heterocycles. The topological polar surface area (TPSA) is 29.5 Å². The highest BCUT2D eigenvalue weighted by Crippen LogP contribution is 2.23. The fraction of sp³-hybridized carbons (Fsp3) is 0.750. The molecule has 1 saturated heterocycles. The summed E-state index contributed by atoms with van der Waals surface area (Å²) < 4.78 is 5.30. The molecular formula is C8H14O2. The maximum absolute atomic E-state index is 9.24. The zero-order valence-electron chi connectivity index (χ0n) is 6.29. The van der Waals surface area contributed by atoms with E-state index in [9.17, 15) is 5.11 Å². The number of hydrogen-bond acceptors (Lipinski definition) is 2. The van der Waals surface area contributed by atoms with Crippen molar-refractivity contribution in [3.8, 4) is 0 Å². The van der Waals surface area contributed by atoms with Crippen LogP contribution in [0.5, 0.6) is 0 Å². The third-order valence-electron chi connectivity index (χ3n) is 2.07. The van der Waals surface area contributed by atoms with Crippen molar-refractivity contribution in [2.45, 2.75) is 25.6 Å². The molecule has 0 amide bonds. The smallest absolute Gasteiger partial charge is 0.0824 e. The van der Waals surface area contributed by atoms with Crippen molar-refractivity contribution >= 4 is 0 Å². The molecule has 10 heavy (non-hydrogen) atoms. The molecular weight excluding hydrogens is 128 g/mol. The lowest BCUT2D eigenvalue weighted by atomic mass is 9.99. The molecule has 1 fully saturated rings. The lowest BCUT2D eigenvalue weighted by molar-refractivity contribution is 0.0883. The first-order chi connectivity index (χ1) is 4.75. The molecule has 0 saturated carbocycles. The Morgan fingerprint density at radius 1 is 1.80 bits per heavy atom. The van der Waals surface area contributed by atoms with Crippen LogP contribution in [0.15, 0.2) is 12.7 Å². The van der Waals surface area contributed by atoms with Gasteiger partial charge < -0.3 is 9.84 Å². The van der Waals surface area contributed by atoms with Crippen molar-refractivity contribution in [3.05, 3.63) is 12.7 Å². The van der Waals surface area contributed by atoms with Gasteiger partial charge in [-0.25, -0.2) is 0 Å². The van der Waals surface area contributed by atoms with E-state index in [2.05, 4.69) is 6.58 Å². The lowest BCUT2D eigenvalue weighted by Gasteiger charge is -2.12. The number of aliphatic hydroxyl groups excluding tert-OH is 1. The predicted octanol–water partition coefficient (Wildman–Crippen LogP) is 0.958. The van der Waals surface area contributed by atoms with Gasteiger partial charge in [-0.1, -0.05) is 13.0 Å². The van der Waals surface area contributed by atoms with Gasteiger partial charge in [0.25, 0.3) is 0 Å². The Labute approximate surface area is 61.5 Å². The molecule has 0 aromatic carbocycles. The molecule has 0 aromatic heterocycles. The molecule has 1 rings (SSSR count). The van der Waals surface area contributed by atoms with Crippen LogP contribution in [0.25, 0.3) is 0 Å². The predicted molar refractivity (Wildman–Crippen MR) is 39.7 cm³/mol. The molecule has 2 heteroatoms. The van der Waals surface area contributed by atoms with E-state index < -0.39 is 0 Å².